The van der Waals surface area contributed by atoms with E-state index in [0.717, 1.165) is 5.52 Å². The predicted molar refractivity (Wildman–Crippen MR) is 79.2 cm³/mol. The van der Waals surface area contributed by atoms with E-state index in [4.69, 9.17) is 4.42 Å². The lowest BCUT2D eigenvalue weighted by Gasteiger charge is -2.18. The number of aromatic nitrogens is 1. The van der Waals surface area contributed by atoms with Crippen LogP contribution in [0.2, 0.25) is 0 Å². The molecule has 1 N–H and O–H groups in total. The third-order valence-electron chi connectivity index (χ3n) is 3.03. The molecule has 0 aliphatic heterocycles. The third-order valence-corrected chi connectivity index (χ3v) is 5.05. The first-order valence-electron chi connectivity index (χ1n) is 6.64. The van der Waals surface area contributed by atoms with E-state index in [1.54, 1.807) is 0 Å². The fraction of sp³-hybridized carbons (Fsp3) is 0.462. The maximum atomic E-state index is 12.0. The van der Waals surface area contributed by atoms with Gasteiger partial charge in [-0.1, -0.05) is 26.0 Å². The van der Waals surface area contributed by atoms with E-state index >= 15 is 0 Å². The van der Waals surface area contributed by atoms with Gasteiger partial charge in [-0.3, -0.25) is 0 Å². The summed E-state index contributed by atoms with van der Waals surface area (Å²) >= 11 is 0. The molecule has 1 aromatic carbocycles. The molecule has 0 bridgehead atoms. The standard InChI is InChI=1S/C13H19N3O3S/c1-3-16(4-2)20(17,18)10-9-14-13-15-11-7-5-6-8-12(11)19-13/h5-8H,3-4,9-10H2,1-2H3,(H,14,15). The second-order valence-corrected chi connectivity index (χ2v) is 6.40. The number of oxazole rings is 1. The smallest absolute Gasteiger partial charge is 0.295 e. The van der Waals surface area contributed by atoms with Crippen molar-refractivity contribution in [2.24, 2.45) is 0 Å². The summed E-state index contributed by atoms with van der Waals surface area (Å²) in [4.78, 5) is 4.23. The molecule has 2 aromatic rings. The van der Waals surface area contributed by atoms with Crippen LogP contribution in [0.15, 0.2) is 28.7 Å². The second kappa shape index (κ2) is 6.23. The average Bonchev–Trinajstić information content (AvgIpc) is 2.82. The van der Waals surface area contributed by atoms with E-state index in [2.05, 4.69) is 10.3 Å². The molecule has 1 aromatic heterocycles. The van der Waals surface area contributed by atoms with Crippen molar-refractivity contribution in [3.8, 4) is 0 Å². The molecule has 0 spiro atoms. The zero-order valence-corrected chi connectivity index (χ0v) is 12.5. The minimum Gasteiger partial charge on any atom is -0.424 e. The first-order chi connectivity index (χ1) is 9.56. The van der Waals surface area contributed by atoms with Crippen molar-refractivity contribution in [1.82, 2.24) is 9.29 Å². The van der Waals surface area contributed by atoms with Gasteiger partial charge in [-0.25, -0.2) is 12.7 Å². The number of hydrogen-bond acceptors (Lipinski definition) is 5. The van der Waals surface area contributed by atoms with Crippen LogP contribution in [0.5, 0.6) is 0 Å². The van der Waals surface area contributed by atoms with Crippen molar-refractivity contribution in [1.29, 1.82) is 0 Å². The molecule has 0 saturated carbocycles. The Hall–Kier alpha value is -1.60. The Bertz CT molecular complexity index is 629. The molecule has 1 heterocycles. The van der Waals surface area contributed by atoms with Crippen molar-refractivity contribution in [2.45, 2.75) is 13.8 Å². The van der Waals surface area contributed by atoms with E-state index in [1.165, 1.54) is 4.31 Å². The van der Waals surface area contributed by atoms with Gasteiger partial charge in [0.2, 0.25) is 10.0 Å². The largest absolute Gasteiger partial charge is 0.424 e. The molecule has 6 nitrogen and oxygen atoms in total. The molecule has 0 unspecified atom stereocenters. The first-order valence-corrected chi connectivity index (χ1v) is 8.25. The number of nitrogens with one attached hydrogen (secondary N) is 1. The Labute approximate surface area is 118 Å². The second-order valence-electron chi connectivity index (χ2n) is 4.31. The van der Waals surface area contributed by atoms with E-state index in [-0.39, 0.29) is 12.3 Å². The van der Waals surface area contributed by atoms with Gasteiger partial charge >= 0.3 is 0 Å². The summed E-state index contributed by atoms with van der Waals surface area (Å²) < 4.78 is 30.9. The van der Waals surface area contributed by atoms with Crippen LogP contribution in [0.25, 0.3) is 11.1 Å². The van der Waals surface area contributed by atoms with Crippen LogP contribution in [0.3, 0.4) is 0 Å². The maximum absolute atomic E-state index is 12.0. The SMILES string of the molecule is CCN(CC)S(=O)(=O)CCNc1nc2ccccc2o1. The Kier molecular flexibility index (Phi) is 4.61. The zero-order chi connectivity index (χ0) is 14.6. The van der Waals surface area contributed by atoms with E-state index < -0.39 is 10.0 Å². The lowest BCUT2D eigenvalue weighted by atomic mass is 10.3. The van der Waals surface area contributed by atoms with E-state index in [0.29, 0.717) is 24.7 Å². The van der Waals surface area contributed by atoms with Gasteiger partial charge in [0.15, 0.2) is 5.58 Å². The number of nitrogens with zero attached hydrogens (tertiary/aromatic N) is 2. The molecule has 7 heteroatoms. The summed E-state index contributed by atoms with van der Waals surface area (Å²) in [5.74, 6) is 0.0212. The molecule has 0 radical (unpaired) electrons. The van der Waals surface area contributed by atoms with Gasteiger partial charge in [0.1, 0.15) is 5.52 Å². The fourth-order valence-corrected chi connectivity index (χ4v) is 3.39. The highest BCUT2D eigenvalue weighted by Crippen LogP contribution is 2.17. The molecule has 110 valence electrons. The van der Waals surface area contributed by atoms with E-state index in [9.17, 15) is 8.42 Å². The molecular weight excluding hydrogens is 278 g/mol. The zero-order valence-electron chi connectivity index (χ0n) is 11.7. The molecule has 0 aliphatic carbocycles. The van der Waals surface area contributed by atoms with Crippen LogP contribution in [0.4, 0.5) is 6.01 Å². The van der Waals surface area contributed by atoms with Crippen LogP contribution in [0.1, 0.15) is 13.8 Å². The number of benzene rings is 1. The summed E-state index contributed by atoms with van der Waals surface area (Å²) in [5.41, 5.74) is 1.43. The molecule has 20 heavy (non-hydrogen) atoms. The van der Waals surface area contributed by atoms with Crippen molar-refractivity contribution >= 4 is 27.1 Å². The number of anilines is 1. The van der Waals surface area contributed by atoms with Crippen LogP contribution in [-0.4, -0.2) is 43.1 Å². The lowest BCUT2D eigenvalue weighted by molar-refractivity contribution is 0.445. The number of fused-ring (bicyclic) bond motifs is 1. The Morgan fingerprint density at radius 1 is 1.25 bits per heavy atom. The van der Waals surface area contributed by atoms with Crippen molar-refractivity contribution in [3.63, 3.8) is 0 Å². The number of sulfonamides is 1. The number of rotatable bonds is 7. The summed E-state index contributed by atoms with van der Waals surface area (Å²) in [5, 5.41) is 2.91. The fourth-order valence-electron chi connectivity index (χ4n) is 1.98. The molecule has 0 fully saturated rings. The molecular formula is C13H19N3O3S. The topological polar surface area (TPSA) is 75.4 Å². The third kappa shape index (κ3) is 3.29. The highest BCUT2D eigenvalue weighted by Gasteiger charge is 2.18. The lowest BCUT2D eigenvalue weighted by Crippen LogP contribution is -2.34. The van der Waals surface area contributed by atoms with E-state index in [1.807, 2.05) is 38.1 Å². The highest BCUT2D eigenvalue weighted by atomic mass is 32.2. The summed E-state index contributed by atoms with van der Waals surface area (Å²) in [6.07, 6.45) is 0. The van der Waals surface area contributed by atoms with Gasteiger partial charge in [-0.15, -0.1) is 0 Å². The highest BCUT2D eigenvalue weighted by molar-refractivity contribution is 7.89. The maximum Gasteiger partial charge on any atom is 0.295 e. The molecule has 0 aliphatic rings. The molecule has 2 rings (SSSR count). The average molecular weight is 297 g/mol. The predicted octanol–water partition coefficient (Wildman–Crippen LogP) is 1.91. The summed E-state index contributed by atoms with van der Waals surface area (Å²) in [7, 11) is -3.22. The Morgan fingerprint density at radius 3 is 2.60 bits per heavy atom. The molecule has 0 amide bonds. The van der Waals surface area contributed by atoms with Crippen molar-refractivity contribution in [3.05, 3.63) is 24.3 Å². The summed E-state index contributed by atoms with van der Waals surface area (Å²) in [6.45, 7) is 4.90. The monoisotopic (exact) mass is 297 g/mol. The van der Waals surface area contributed by atoms with Crippen LogP contribution in [-0.2, 0) is 10.0 Å². The molecule has 0 atom stereocenters. The normalized spacial score (nSPS) is 12.2. The van der Waals surface area contributed by atoms with Crippen LogP contribution in [0, 0.1) is 0 Å². The Morgan fingerprint density at radius 2 is 1.95 bits per heavy atom. The van der Waals surface area contributed by atoms with Crippen molar-refractivity contribution in [2.75, 3.05) is 30.7 Å². The number of para-hydroxylation sites is 2. The first kappa shape index (κ1) is 14.8. The minimum atomic E-state index is -3.22. The Balaban J connectivity index is 1.95. The van der Waals surface area contributed by atoms with Gasteiger partial charge in [-0.2, -0.15) is 4.98 Å². The minimum absolute atomic E-state index is 0.0212. The van der Waals surface area contributed by atoms with Crippen LogP contribution < -0.4 is 5.32 Å². The van der Waals surface area contributed by atoms with Gasteiger partial charge in [0.05, 0.1) is 5.75 Å². The van der Waals surface area contributed by atoms with Gasteiger partial charge < -0.3 is 9.73 Å². The molecule has 0 saturated heterocycles. The van der Waals surface area contributed by atoms with Crippen molar-refractivity contribution < 1.29 is 12.8 Å². The number of hydrogen-bond donors (Lipinski definition) is 1. The van der Waals surface area contributed by atoms with Gasteiger partial charge in [0.25, 0.3) is 6.01 Å². The van der Waals surface area contributed by atoms with Gasteiger partial charge in [-0.05, 0) is 12.1 Å². The quantitative estimate of drug-likeness (QED) is 0.845. The van der Waals surface area contributed by atoms with Crippen LogP contribution >= 0.6 is 0 Å². The summed E-state index contributed by atoms with van der Waals surface area (Å²) in [6, 6.07) is 7.75. The van der Waals surface area contributed by atoms with Gasteiger partial charge in [0, 0.05) is 19.6 Å².